The molecule has 0 aliphatic rings. The molecule has 0 bridgehead atoms. The van der Waals surface area contributed by atoms with Gasteiger partial charge in [-0.25, -0.2) is 13.2 Å². The summed E-state index contributed by atoms with van der Waals surface area (Å²) in [4.78, 5) is 11.6. The van der Waals surface area contributed by atoms with E-state index < -0.39 is 20.7 Å². The van der Waals surface area contributed by atoms with Gasteiger partial charge in [-0.3, -0.25) is 0 Å². The number of methoxy groups -OCH3 is 1. The van der Waals surface area contributed by atoms with E-state index in [2.05, 4.69) is 10.1 Å². The molecule has 2 rings (SSSR count). The molecule has 5 nitrogen and oxygen atoms in total. The Balaban J connectivity index is 2.39. The Kier molecular flexibility index (Phi) is 6.45. The minimum atomic E-state index is -4.04. The van der Waals surface area contributed by atoms with Crippen LogP contribution in [0.4, 0.5) is 5.69 Å². The highest BCUT2D eigenvalue weighted by Gasteiger charge is 2.28. The molecule has 0 aromatic heterocycles. The molecule has 0 aliphatic carbocycles. The lowest BCUT2D eigenvalue weighted by Gasteiger charge is -2.10. The molecule has 0 spiro atoms. The van der Waals surface area contributed by atoms with E-state index in [-0.39, 0.29) is 10.8 Å². The van der Waals surface area contributed by atoms with Gasteiger partial charge in [-0.1, -0.05) is 37.6 Å². The molecular weight excluding hydrogens is 374 g/mol. The van der Waals surface area contributed by atoms with Crippen molar-refractivity contribution < 1.29 is 17.9 Å². The number of esters is 1. The van der Waals surface area contributed by atoms with Crippen molar-refractivity contribution in [2.24, 2.45) is 0 Å². The average Bonchev–Trinajstić information content (AvgIpc) is 2.63. The molecule has 0 aliphatic heterocycles. The van der Waals surface area contributed by atoms with E-state index in [1.165, 1.54) is 12.1 Å². The van der Waals surface area contributed by atoms with Gasteiger partial charge in [0.2, 0.25) is 9.84 Å². The van der Waals surface area contributed by atoms with Gasteiger partial charge >= 0.3 is 5.97 Å². The number of benzene rings is 2. The maximum absolute atomic E-state index is 12.9. The summed E-state index contributed by atoms with van der Waals surface area (Å²) in [5, 5.41) is 3.34. The van der Waals surface area contributed by atoms with E-state index in [1.807, 2.05) is 13.8 Å². The van der Waals surface area contributed by atoms with Crippen LogP contribution in [0.2, 0.25) is 5.02 Å². The second-order valence-corrected chi connectivity index (χ2v) is 8.23. The van der Waals surface area contributed by atoms with E-state index in [0.717, 1.165) is 18.9 Å². The summed E-state index contributed by atoms with van der Waals surface area (Å²) < 4.78 is 30.4. The molecule has 0 heterocycles. The Morgan fingerprint density at radius 1 is 1.08 bits per heavy atom. The summed E-state index contributed by atoms with van der Waals surface area (Å²) >= 11 is 5.82. The Morgan fingerprint density at radius 2 is 1.65 bits per heavy atom. The van der Waals surface area contributed by atoms with Crippen LogP contribution in [0.5, 0.6) is 0 Å². The predicted octanol–water partition coefficient (Wildman–Crippen LogP) is 4.36. The fraction of sp³-hybridized carbons (Fsp3) is 0.211. The molecule has 0 saturated heterocycles. The number of sulfone groups is 1. The first-order chi connectivity index (χ1) is 12.3. The number of nitrogens with one attached hydrogen (secondary N) is 1. The van der Waals surface area contributed by atoms with Crippen molar-refractivity contribution in [1.29, 1.82) is 0 Å². The topological polar surface area (TPSA) is 72.5 Å². The lowest BCUT2D eigenvalue weighted by Crippen LogP contribution is -2.17. The molecule has 1 N–H and O–H groups in total. The molecular formula is C19H20ClNO4S. The van der Waals surface area contributed by atoms with Gasteiger partial charge in [-0.05, 0) is 47.9 Å². The van der Waals surface area contributed by atoms with Crippen molar-refractivity contribution in [2.45, 2.75) is 24.7 Å². The first-order valence-corrected chi connectivity index (χ1v) is 9.77. The lowest BCUT2D eigenvalue weighted by molar-refractivity contribution is -0.135. The fourth-order valence-corrected chi connectivity index (χ4v) is 3.59. The van der Waals surface area contributed by atoms with Crippen LogP contribution in [0, 0.1) is 0 Å². The van der Waals surface area contributed by atoms with Crippen LogP contribution in [0.25, 0.3) is 0 Å². The molecule has 2 aromatic rings. The Labute approximate surface area is 158 Å². The van der Waals surface area contributed by atoms with Crippen LogP contribution >= 0.6 is 11.6 Å². The summed E-state index contributed by atoms with van der Waals surface area (Å²) in [7, 11) is -2.90. The minimum absolute atomic E-state index is 0.0245. The zero-order valence-corrected chi connectivity index (χ0v) is 16.3. The molecule has 0 fully saturated rings. The van der Waals surface area contributed by atoms with Gasteiger partial charge < -0.3 is 10.1 Å². The second kappa shape index (κ2) is 8.38. The van der Waals surface area contributed by atoms with Crippen LogP contribution in [0.1, 0.15) is 25.3 Å². The van der Waals surface area contributed by atoms with Gasteiger partial charge in [0, 0.05) is 16.9 Å². The normalized spacial score (nSPS) is 12.1. The first kappa shape index (κ1) is 20.0. The van der Waals surface area contributed by atoms with Crippen LogP contribution in [0.15, 0.2) is 64.5 Å². The van der Waals surface area contributed by atoms with Crippen molar-refractivity contribution in [3.05, 3.63) is 70.2 Å². The fourth-order valence-electron chi connectivity index (χ4n) is 2.20. The highest BCUT2D eigenvalue weighted by atomic mass is 35.5. The average molecular weight is 394 g/mol. The summed E-state index contributed by atoms with van der Waals surface area (Å²) in [6.45, 7) is 4.03. The number of rotatable bonds is 6. The number of halogens is 1. The van der Waals surface area contributed by atoms with Crippen LogP contribution in [0.3, 0.4) is 0 Å². The van der Waals surface area contributed by atoms with E-state index in [1.54, 1.807) is 36.4 Å². The third-order valence-corrected chi connectivity index (χ3v) is 5.76. The number of carbonyl (C=O) groups is 1. The molecule has 0 saturated carbocycles. The van der Waals surface area contributed by atoms with E-state index in [9.17, 15) is 13.2 Å². The monoisotopic (exact) mass is 393 g/mol. The third kappa shape index (κ3) is 4.65. The molecule has 7 heteroatoms. The van der Waals surface area contributed by atoms with Crippen LogP contribution < -0.4 is 5.32 Å². The Bertz CT molecular complexity index is 902. The zero-order chi connectivity index (χ0) is 19.3. The smallest absolute Gasteiger partial charge is 0.351 e. The van der Waals surface area contributed by atoms with E-state index in [0.29, 0.717) is 10.7 Å². The van der Waals surface area contributed by atoms with Crippen molar-refractivity contribution >= 4 is 33.1 Å². The molecule has 0 unspecified atom stereocenters. The van der Waals surface area contributed by atoms with Crippen molar-refractivity contribution in [2.75, 3.05) is 12.4 Å². The standard InChI is InChI=1S/C19H20ClNO4S/c1-13(2)14-4-10-17(11-5-14)26(23,24)18(19(22)25-3)12-21-16-8-6-15(20)7-9-16/h4-13,21H,1-3H3/b18-12+. The second-order valence-electron chi connectivity index (χ2n) is 5.88. The molecule has 2 aromatic carbocycles. The number of carbonyl (C=O) groups excluding carboxylic acids is 1. The molecule has 0 radical (unpaired) electrons. The number of anilines is 1. The highest BCUT2D eigenvalue weighted by molar-refractivity contribution is 7.96. The maximum Gasteiger partial charge on any atom is 0.351 e. The quantitative estimate of drug-likeness (QED) is 0.583. The van der Waals surface area contributed by atoms with Crippen molar-refractivity contribution in [1.82, 2.24) is 0 Å². The summed E-state index contributed by atoms with van der Waals surface area (Å²) in [6, 6.07) is 13.1. The highest BCUT2D eigenvalue weighted by Crippen LogP contribution is 2.24. The first-order valence-electron chi connectivity index (χ1n) is 7.91. The summed E-state index contributed by atoms with van der Waals surface area (Å²) in [6.07, 6.45) is 1.13. The van der Waals surface area contributed by atoms with Gasteiger partial charge in [0.25, 0.3) is 0 Å². The SMILES string of the molecule is COC(=O)/C(=C\Nc1ccc(Cl)cc1)S(=O)(=O)c1ccc(C(C)C)cc1. The molecule has 0 atom stereocenters. The van der Waals surface area contributed by atoms with Gasteiger partial charge in [0.1, 0.15) is 0 Å². The van der Waals surface area contributed by atoms with Crippen LogP contribution in [-0.2, 0) is 19.4 Å². The predicted molar refractivity (Wildman–Crippen MR) is 103 cm³/mol. The van der Waals surface area contributed by atoms with Gasteiger partial charge in [-0.15, -0.1) is 0 Å². The van der Waals surface area contributed by atoms with Crippen LogP contribution in [-0.4, -0.2) is 21.5 Å². The van der Waals surface area contributed by atoms with Gasteiger partial charge in [0.15, 0.2) is 4.91 Å². The number of hydrogen-bond acceptors (Lipinski definition) is 5. The number of ether oxygens (including phenoxy) is 1. The lowest BCUT2D eigenvalue weighted by atomic mass is 10.0. The van der Waals surface area contributed by atoms with Crippen molar-refractivity contribution in [3.63, 3.8) is 0 Å². The molecule has 138 valence electrons. The van der Waals surface area contributed by atoms with E-state index >= 15 is 0 Å². The maximum atomic E-state index is 12.9. The molecule has 26 heavy (non-hydrogen) atoms. The van der Waals surface area contributed by atoms with Crippen molar-refractivity contribution in [3.8, 4) is 0 Å². The van der Waals surface area contributed by atoms with Gasteiger partial charge in [-0.2, -0.15) is 0 Å². The van der Waals surface area contributed by atoms with E-state index in [4.69, 9.17) is 11.6 Å². The minimum Gasteiger partial charge on any atom is -0.465 e. The Hall–Kier alpha value is -2.31. The number of hydrogen-bond donors (Lipinski definition) is 1. The summed E-state index contributed by atoms with van der Waals surface area (Å²) in [5.41, 5.74) is 1.59. The van der Waals surface area contributed by atoms with Gasteiger partial charge in [0.05, 0.1) is 12.0 Å². The molecule has 0 amide bonds. The summed E-state index contributed by atoms with van der Waals surface area (Å²) in [5.74, 6) is -0.673. The Morgan fingerprint density at radius 3 is 2.15 bits per heavy atom. The largest absolute Gasteiger partial charge is 0.465 e. The zero-order valence-electron chi connectivity index (χ0n) is 14.7. The third-order valence-electron chi connectivity index (χ3n) is 3.75.